The molecule has 1 rings (SSSR count). The van der Waals surface area contributed by atoms with Crippen LogP contribution in [0.3, 0.4) is 0 Å². The van der Waals surface area contributed by atoms with Crippen LogP contribution in [0, 0.1) is 5.92 Å². The molecule has 0 aliphatic rings. The number of hydrogen-bond acceptors (Lipinski definition) is 1. The molecule has 0 fully saturated rings. The summed E-state index contributed by atoms with van der Waals surface area (Å²) in [7, 11) is 0. The minimum atomic E-state index is 0.00441. The number of hydrogen-bond donors (Lipinski definition) is 0. The quantitative estimate of drug-likeness (QED) is 0.711. The number of allylic oxidation sites excluding steroid dienone is 2. The van der Waals surface area contributed by atoms with Crippen molar-refractivity contribution in [2.45, 2.75) is 47.0 Å². The summed E-state index contributed by atoms with van der Waals surface area (Å²) in [4.78, 5) is 11.2. The van der Waals surface area contributed by atoms with Crippen LogP contribution in [-0.4, -0.2) is 5.78 Å². The van der Waals surface area contributed by atoms with Crippen molar-refractivity contribution in [2.24, 2.45) is 5.92 Å². The standard InChI is InChI=1S/C17H24O/c1-5-6-7-16-8-10-17(11-9-16)14(3)12-13(2)15(4)18/h8-13H,5-7H2,1-4H3/b14-12+. The molecule has 18 heavy (non-hydrogen) atoms. The Kier molecular flexibility index (Phi) is 5.84. The second-order valence-corrected chi connectivity index (χ2v) is 5.05. The minimum absolute atomic E-state index is 0.00441. The van der Waals surface area contributed by atoms with E-state index in [2.05, 4.69) is 38.1 Å². The summed E-state index contributed by atoms with van der Waals surface area (Å²) < 4.78 is 0. The lowest BCUT2D eigenvalue weighted by Crippen LogP contribution is -2.02. The summed E-state index contributed by atoms with van der Waals surface area (Å²) in [6.45, 7) is 7.87. The molecule has 0 radical (unpaired) electrons. The van der Waals surface area contributed by atoms with E-state index in [1.54, 1.807) is 6.92 Å². The molecule has 1 atom stereocenters. The Morgan fingerprint density at radius 1 is 1.22 bits per heavy atom. The third-order valence-corrected chi connectivity index (χ3v) is 3.37. The van der Waals surface area contributed by atoms with E-state index in [0.717, 1.165) is 6.42 Å². The average Bonchev–Trinajstić information content (AvgIpc) is 2.36. The normalized spacial score (nSPS) is 13.4. The number of aryl methyl sites for hydroxylation is 1. The number of carbonyl (C=O) groups excluding carboxylic acids is 1. The van der Waals surface area contributed by atoms with E-state index in [1.807, 2.05) is 13.0 Å². The Hall–Kier alpha value is -1.37. The maximum absolute atomic E-state index is 11.2. The van der Waals surface area contributed by atoms with Crippen LogP contribution < -0.4 is 0 Å². The van der Waals surface area contributed by atoms with E-state index >= 15 is 0 Å². The number of rotatable bonds is 6. The van der Waals surface area contributed by atoms with Crippen molar-refractivity contribution in [1.29, 1.82) is 0 Å². The summed E-state index contributed by atoms with van der Waals surface area (Å²) in [6.07, 6.45) is 5.68. The Morgan fingerprint density at radius 2 is 1.83 bits per heavy atom. The van der Waals surface area contributed by atoms with Crippen molar-refractivity contribution in [3.63, 3.8) is 0 Å². The summed E-state index contributed by atoms with van der Waals surface area (Å²) in [6, 6.07) is 8.70. The molecule has 1 aromatic rings. The van der Waals surface area contributed by atoms with Crippen LogP contribution in [0.15, 0.2) is 30.3 Å². The van der Waals surface area contributed by atoms with Crippen molar-refractivity contribution in [2.75, 3.05) is 0 Å². The molecular weight excluding hydrogens is 220 g/mol. The van der Waals surface area contributed by atoms with Gasteiger partial charge in [0, 0.05) is 5.92 Å². The third-order valence-electron chi connectivity index (χ3n) is 3.37. The molecule has 0 amide bonds. The van der Waals surface area contributed by atoms with Gasteiger partial charge >= 0.3 is 0 Å². The third kappa shape index (κ3) is 4.48. The SMILES string of the molecule is CCCCc1ccc(/C(C)=C/C(C)C(C)=O)cc1. The van der Waals surface area contributed by atoms with Crippen molar-refractivity contribution in [3.05, 3.63) is 41.5 Å². The highest BCUT2D eigenvalue weighted by Crippen LogP contribution is 2.18. The van der Waals surface area contributed by atoms with Gasteiger partial charge in [-0.15, -0.1) is 0 Å². The van der Waals surface area contributed by atoms with E-state index < -0.39 is 0 Å². The molecule has 98 valence electrons. The fraction of sp³-hybridized carbons (Fsp3) is 0.471. The Morgan fingerprint density at radius 3 is 2.33 bits per heavy atom. The Labute approximate surface area is 111 Å². The first-order valence-corrected chi connectivity index (χ1v) is 6.82. The Bertz CT molecular complexity index is 412. The first-order chi connectivity index (χ1) is 8.54. The predicted molar refractivity (Wildman–Crippen MR) is 78.6 cm³/mol. The fourth-order valence-corrected chi connectivity index (χ4v) is 1.90. The monoisotopic (exact) mass is 244 g/mol. The highest BCUT2D eigenvalue weighted by molar-refractivity contribution is 5.82. The molecule has 0 spiro atoms. The van der Waals surface area contributed by atoms with Gasteiger partial charge in [0.15, 0.2) is 0 Å². The summed E-state index contributed by atoms with van der Waals surface area (Å²) >= 11 is 0. The molecule has 0 N–H and O–H groups in total. The summed E-state index contributed by atoms with van der Waals surface area (Å²) in [5, 5.41) is 0. The van der Waals surface area contributed by atoms with Crippen LogP contribution in [0.25, 0.3) is 5.57 Å². The molecule has 0 bridgehead atoms. The molecule has 0 heterocycles. The minimum Gasteiger partial charge on any atom is -0.299 e. The van der Waals surface area contributed by atoms with Gasteiger partial charge in [-0.3, -0.25) is 4.79 Å². The molecule has 0 saturated carbocycles. The van der Waals surface area contributed by atoms with Gasteiger partial charge in [-0.25, -0.2) is 0 Å². The van der Waals surface area contributed by atoms with E-state index in [-0.39, 0.29) is 11.7 Å². The van der Waals surface area contributed by atoms with Crippen molar-refractivity contribution in [3.8, 4) is 0 Å². The zero-order valence-corrected chi connectivity index (χ0v) is 12.0. The van der Waals surface area contributed by atoms with Gasteiger partial charge in [0.25, 0.3) is 0 Å². The highest BCUT2D eigenvalue weighted by atomic mass is 16.1. The first kappa shape index (κ1) is 14.7. The van der Waals surface area contributed by atoms with E-state index in [0.29, 0.717) is 0 Å². The lowest BCUT2D eigenvalue weighted by Gasteiger charge is -2.07. The zero-order chi connectivity index (χ0) is 13.5. The largest absolute Gasteiger partial charge is 0.299 e. The lowest BCUT2D eigenvalue weighted by molar-refractivity contribution is -0.118. The molecule has 0 aromatic heterocycles. The topological polar surface area (TPSA) is 17.1 Å². The first-order valence-electron chi connectivity index (χ1n) is 6.82. The molecule has 0 saturated heterocycles. The van der Waals surface area contributed by atoms with E-state index in [4.69, 9.17) is 0 Å². The van der Waals surface area contributed by atoms with Gasteiger partial charge in [-0.1, -0.05) is 50.6 Å². The van der Waals surface area contributed by atoms with E-state index in [1.165, 1.54) is 29.5 Å². The summed E-state index contributed by atoms with van der Waals surface area (Å²) in [5.41, 5.74) is 3.79. The van der Waals surface area contributed by atoms with Crippen LogP contribution in [0.2, 0.25) is 0 Å². The predicted octanol–water partition coefficient (Wildman–Crippen LogP) is 4.66. The van der Waals surface area contributed by atoms with E-state index in [9.17, 15) is 4.79 Å². The highest BCUT2D eigenvalue weighted by Gasteiger charge is 2.05. The number of Topliss-reactive ketones (excluding diaryl/α,β-unsaturated/α-hetero) is 1. The van der Waals surface area contributed by atoms with Crippen LogP contribution in [0.1, 0.15) is 51.7 Å². The maximum atomic E-state index is 11.2. The molecule has 1 heteroatoms. The number of benzene rings is 1. The Balaban J connectivity index is 2.75. The molecule has 0 aliphatic heterocycles. The van der Waals surface area contributed by atoms with Crippen molar-refractivity contribution >= 4 is 11.4 Å². The molecule has 1 nitrogen and oxygen atoms in total. The number of unbranched alkanes of at least 4 members (excludes halogenated alkanes) is 1. The molecule has 0 aliphatic carbocycles. The maximum Gasteiger partial charge on any atom is 0.136 e. The molecule has 1 unspecified atom stereocenters. The van der Waals surface area contributed by atoms with Gasteiger partial charge in [0.2, 0.25) is 0 Å². The molecule has 1 aromatic carbocycles. The second-order valence-electron chi connectivity index (χ2n) is 5.05. The fourth-order valence-electron chi connectivity index (χ4n) is 1.90. The van der Waals surface area contributed by atoms with Gasteiger partial charge < -0.3 is 0 Å². The smallest absolute Gasteiger partial charge is 0.136 e. The average molecular weight is 244 g/mol. The van der Waals surface area contributed by atoms with Gasteiger partial charge in [0.05, 0.1) is 0 Å². The molecular formula is C17H24O. The zero-order valence-electron chi connectivity index (χ0n) is 12.0. The summed E-state index contributed by atoms with van der Waals surface area (Å²) in [5.74, 6) is 0.221. The van der Waals surface area contributed by atoms with Gasteiger partial charge in [-0.2, -0.15) is 0 Å². The van der Waals surface area contributed by atoms with Crippen molar-refractivity contribution < 1.29 is 4.79 Å². The van der Waals surface area contributed by atoms with Crippen molar-refractivity contribution in [1.82, 2.24) is 0 Å². The number of carbonyl (C=O) groups is 1. The van der Waals surface area contributed by atoms with Gasteiger partial charge in [0.1, 0.15) is 5.78 Å². The van der Waals surface area contributed by atoms with Crippen LogP contribution >= 0.6 is 0 Å². The second kappa shape index (κ2) is 7.15. The lowest BCUT2D eigenvalue weighted by atomic mass is 9.98. The van der Waals surface area contributed by atoms with Crippen LogP contribution in [0.5, 0.6) is 0 Å². The van der Waals surface area contributed by atoms with Gasteiger partial charge in [-0.05, 0) is 43.4 Å². The van der Waals surface area contributed by atoms with Crippen LogP contribution in [-0.2, 0) is 11.2 Å². The van der Waals surface area contributed by atoms with Crippen LogP contribution in [0.4, 0.5) is 0 Å². The number of ketones is 1.